The molecule has 4 aromatic rings. The number of Topliss-reactive ketones (excluding diaryl/α,β-unsaturated/α-hetero) is 1. The van der Waals surface area contributed by atoms with Crippen LogP contribution in [0.1, 0.15) is 46.6 Å². The van der Waals surface area contributed by atoms with E-state index in [1.807, 2.05) is 30.0 Å². The second kappa shape index (κ2) is 11.4. The molecule has 2 amide bonds. The highest BCUT2D eigenvalue weighted by Gasteiger charge is 2.26. The van der Waals surface area contributed by atoms with Crippen LogP contribution in [0.4, 0.5) is 0 Å². The number of carbonyl (C=O) groups excluding carboxylic acids is 3. The number of aromatic nitrogens is 5. The normalized spacial score (nSPS) is 15.4. The topological polar surface area (TPSA) is 123 Å². The van der Waals surface area contributed by atoms with E-state index in [-0.39, 0.29) is 30.1 Å². The fourth-order valence-electron chi connectivity index (χ4n) is 4.83. The standard InChI is InChI=1S/C28H28BrN7O3/c1-17(37)27-22-11-20(21-13-30-18(2)31-14-21)8-9-24(22)36(34-27)16-26(38)35-10-4-5-19(15-35)12-32-28(39)23-6-3-7-25(29)33-23/h3,6-9,11,13-14,19H,4-5,10,12,15-16H2,1-2H3,(H,32,39)/t19-/m1/s1. The van der Waals surface area contributed by atoms with E-state index in [2.05, 4.69) is 41.3 Å². The van der Waals surface area contributed by atoms with Crippen LogP contribution in [-0.2, 0) is 11.3 Å². The number of piperidine rings is 1. The van der Waals surface area contributed by atoms with E-state index in [1.165, 1.54) is 6.92 Å². The first kappa shape index (κ1) is 26.6. The Balaban J connectivity index is 1.28. The molecule has 0 radical (unpaired) electrons. The molecule has 0 saturated carbocycles. The minimum Gasteiger partial charge on any atom is -0.350 e. The first-order valence-corrected chi connectivity index (χ1v) is 13.6. The van der Waals surface area contributed by atoms with Gasteiger partial charge in [-0.3, -0.25) is 19.1 Å². The summed E-state index contributed by atoms with van der Waals surface area (Å²) in [5, 5.41) is 8.14. The van der Waals surface area contributed by atoms with Crippen LogP contribution in [0.5, 0.6) is 0 Å². The van der Waals surface area contributed by atoms with E-state index in [0.29, 0.717) is 52.4 Å². The maximum absolute atomic E-state index is 13.3. The van der Waals surface area contributed by atoms with Crippen molar-refractivity contribution in [2.24, 2.45) is 5.92 Å². The van der Waals surface area contributed by atoms with Gasteiger partial charge in [0.2, 0.25) is 5.91 Å². The zero-order valence-corrected chi connectivity index (χ0v) is 23.3. The second-order valence-electron chi connectivity index (χ2n) is 9.72. The molecule has 4 heterocycles. The summed E-state index contributed by atoms with van der Waals surface area (Å²) in [6.07, 6.45) is 5.26. The molecule has 1 aliphatic heterocycles. The van der Waals surface area contributed by atoms with Crippen molar-refractivity contribution in [2.75, 3.05) is 19.6 Å². The third kappa shape index (κ3) is 6.03. The number of pyridine rings is 1. The van der Waals surface area contributed by atoms with Crippen molar-refractivity contribution in [1.29, 1.82) is 0 Å². The third-order valence-corrected chi connectivity index (χ3v) is 7.30. The van der Waals surface area contributed by atoms with Gasteiger partial charge in [0.15, 0.2) is 5.78 Å². The number of nitrogens with zero attached hydrogens (tertiary/aromatic N) is 6. The lowest BCUT2D eigenvalue weighted by atomic mass is 9.98. The Bertz CT molecular complexity index is 1550. The molecule has 0 aliphatic carbocycles. The third-order valence-electron chi connectivity index (χ3n) is 6.85. The van der Waals surface area contributed by atoms with Gasteiger partial charge in [0.25, 0.3) is 5.91 Å². The van der Waals surface area contributed by atoms with Crippen LogP contribution in [0.25, 0.3) is 22.0 Å². The maximum atomic E-state index is 13.3. The van der Waals surface area contributed by atoms with Crippen LogP contribution < -0.4 is 5.32 Å². The summed E-state index contributed by atoms with van der Waals surface area (Å²) in [4.78, 5) is 52.7. The maximum Gasteiger partial charge on any atom is 0.269 e. The van der Waals surface area contributed by atoms with Gasteiger partial charge in [-0.2, -0.15) is 5.10 Å². The van der Waals surface area contributed by atoms with Crippen LogP contribution in [0.15, 0.2) is 53.4 Å². The predicted molar refractivity (Wildman–Crippen MR) is 149 cm³/mol. The van der Waals surface area contributed by atoms with Crippen molar-refractivity contribution >= 4 is 44.4 Å². The molecule has 5 rings (SSSR count). The number of fused-ring (bicyclic) bond motifs is 1. The minimum absolute atomic E-state index is 0.0256. The van der Waals surface area contributed by atoms with Gasteiger partial charge in [-0.05, 0) is 71.4 Å². The van der Waals surface area contributed by atoms with Crippen LogP contribution in [0.3, 0.4) is 0 Å². The Labute approximate surface area is 234 Å². The van der Waals surface area contributed by atoms with Gasteiger partial charge < -0.3 is 10.2 Å². The molecule has 0 unspecified atom stereocenters. The molecule has 1 fully saturated rings. The number of halogens is 1. The predicted octanol–water partition coefficient (Wildman–Crippen LogP) is 3.83. The minimum atomic E-state index is -0.240. The molecule has 1 N–H and O–H groups in total. The van der Waals surface area contributed by atoms with E-state index >= 15 is 0 Å². The van der Waals surface area contributed by atoms with E-state index < -0.39 is 0 Å². The molecule has 11 heteroatoms. The van der Waals surface area contributed by atoms with Crippen molar-refractivity contribution < 1.29 is 14.4 Å². The summed E-state index contributed by atoms with van der Waals surface area (Å²) in [6.45, 7) is 4.97. The largest absolute Gasteiger partial charge is 0.350 e. The number of hydrogen-bond donors (Lipinski definition) is 1. The summed E-state index contributed by atoms with van der Waals surface area (Å²) in [7, 11) is 0. The van der Waals surface area contributed by atoms with Gasteiger partial charge in [-0.15, -0.1) is 0 Å². The molecule has 0 bridgehead atoms. The van der Waals surface area contributed by atoms with E-state index in [9.17, 15) is 14.4 Å². The van der Waals surface area contributed by atoms with Gasteiger partial charge in [-0.25, -0.2) is 15.0 Å². The SMILES string of the molecule is CC(=O)c1nn(CC(=O)N2CCC[C@H](CNC(=O)c3cccc(Br)n3)C2)c2ccc(-c3cnc(C)nc3)cc12. The van der Waals surface area contributed by atoms with Crippen molar-refractivity contribution in [2.45, 2.75) is 33.2 Å². The van der Waals surface area contributed by atoms with E-state index in [0.717, 1.165) is 24.0 Å². The highest BCUT2D eigenvalue weighted by Crippen LogP contribution is 2.27. The van der Waals surface area contributed by atoms with Crippen LogP contribution in [0.2, 0.25) is 0 Å². The quantitative estimate of drug-likeness (QED) is 0.256. The first-order chi connectivity index (χ1) is 18.8. The average Bonchev–Trinajstić information content (AvgIpc) is 3.30. The number of nitrogens with one attached hydrogen (secondary N) is 1. The van der Waals surface area contributed by atoms with Crippen molar-refractivity contribution in [3.8, 4) is 11.1 Å². The Morgan fingerprint density at radius 3 is 2.64 bits per heavy atom. The number of rotatable bonds is 7. The lowest BCUT2D eigenvalue weighted by Crippen LogP contribution is -2.45. The number of likely N-dealkylation sites (tertiary alicyclic amines) is 1. The van der Waals surface area contributed by atoms with E-state index in [1.54, 1.807) is 35.3 Å². The van der Waals surface area contributed by atoms with Gasteiger partial charge in [0.1, 0.15) is 28.4 Å². The zero-order valence-electron chi connectivity index (χ0n) is 21.7. The molecular formula is C28H28BrN7O3. The zero-order chi connectivity index (χ0) is 27.5. The Kier molecular flexibility index (Phi) is 7.78. The lowest BCUT2D eigenvalue weighted by Gasteiger charge is -2.33. The molecular weight excluding hydrogens is 562 g/mol. The van der Waals surface area contributed by atoms with Gasteiger partial charge in [0.05, 0.1) is 5.52 Å². The molecule has 1 aromatic carbocycles. The number of hydrogen-bond acceptors (Lipinski definition) is 7. The monoisotopic (exact) mass is 589 g/mol. The fraction of sp³-hybridized carbons (Fsp3) is 0.321. The lowest BCUT2D eigenvalue weighted by molar-refractivity contribution is -0.133. The van der Waals surface area contributed by atoms with E-state index in [4.69, 9.17) is 0 Å². The summed E-state index contributed by atoms with van der Waals surface area (Å²) in [5.74, 6) is 0.336. The van der Waals surface area contributed by atoms with Crippen molar-refractivity contribution in [3.05, 3.63) is 70.6 Å². The summed E-state index contributed by atoms with van der Waals surface area (Å²) >= 11 is 3.28. The summed E-state index contributed by atoms with van der Waals surface area (Å²) in [6, 6.07) is 10.9. The molecule has 10 nitrogen and oxygen atoms in total. The molecule has 200 valence electrons. The van der Waals surface area contributed by atoms with Gasteiger partial charge in [0, 0.05) is 49.9 Å². The van der Waals surface area contributed by atoms with Gasteiger partial charge in [-0.1, -0.05) is 12.1 Å². The average molecular weight is 590 g/mol. The van der Waals surface area contributed by atoms with Gasteiger partial charge >= 0.3 is 0 Å². The molecule has 3 aromatic heterocycles. The summed E-state index contributed by atoms with van der Waals surface area (Å²) in [5.41, 5.74) is 3.09. The van der Waals surface area contributed by atoms with Crippen LogP contribution in [0, 0.1) is 12.8 Å². The number of amides is 2. The Morgan fingerprint density at radius 1 is 1.10 bits per heavy atom. The molecule has 1 atom stereocenters. The molecule has 39 heavy (non-hydrogen) atoms. The number of carbonyl (C=O) groups is 3. The Hall–Kier alpha value is -3.99. The van der Waals surface area contributed by atoms with Crippen LogP contribution in [-0.4, -0.2) is 66.9 Å². The number of benzene rings is 1. The number of ketones is 1. The Morgan fingerprint density at radius 2 is 1.90 bits per heavy atom. The number of aryl methyl sites for hydroxylation is 1. The molecule has 1 saturated heterocycles. The smallest absolute Gasteiger partial charge is 0.269 e. The van der Waals surface area contributed by atoms with Crippen LogP contribution >= 0.6 is 15.9 Å². The highest BCUT2D eigenvalue weighted by molar-refractivity contribution is 9.10. The fourth-order valence-corrected chi connectivity index (χ4v) is 5.17. The van der Waals surface area contributed by atoms with Crippen molar-refractivity contribution in [3.63, 3.8) is 0 Å². The highest BCUT2D eigenvalue weighted by atomic mass is 79.9. The van der Waals surface area contributed by atoms with Crippen molar-refractivity contribution in [1.82, 2.24) is 34.9 Å². The molecule has 0 spiro atoms. The summed E-state index contributed by atoms with van der Waals surface area (Å²) < 4.78 is 2.21. The second-order valence-corrected chi connectivity index (χ2v) is 10.5. The molecule has 1 aliphatic rings. The first-order valence-electron chi connectivity index (χ1n) is 12.8.